The van der Waals surface area contributed by atoms with E-state index in [9.17, 15) is 9.90 Å². The van der Waals surface area contributed by atoms with Crippen molar-refractivity contribution in [3.05, 3.63) is 29.6 Å². The van der Waals surface area contributed by atoms with Crippen molar-refractivity contribution in [2.24, 2.45) is 5.73 Å². The Morgan fingerprint density at radius 2 is 1.63 bits per heavy atom. The minimum Gasteiger partial charge on any atom is -0.378 e. The highest BCUT2D eigenvalue weighted by Gasteiger charge is 2.16. The molecule has 27 heavy (non-hydrogen) atoms. The van der Waals surface area contributed by atoms with E-state index in [1.807, 2.05) is 0 Å². The SMILES string of the molecule is CCCCCCCCCCCCCC(C)(O)C#Cc1cc(C(N)=O)ccn1. The van der Waals surface area contributed by atoms with Gasteiger partial charge in [0.05, 0.1) is 0 Å². The number of aromatic nitrogens is 1. The average molecular weight is 373 g/mol. The van der Waals surface area contributed by atoms with E-state index < -0.39 is 11.5 Å². The number of rotatable bonds is 13. The Labute approximate surface area is 165 Å². The van der Waals surface area contributed by atoms with Crippen LogP contribution in [0.4, 0.5) is 0 Å². The normalized spacial score (nSPS) is 12.9. The quantitative estimate of drug-likeness (QED) is 0.378. The predicted molar refractivity (Wildman–Crippen MR) is 111 cm³/mol. The number of nitrogens with two attached hydrogens (primary N) is 1. The minimum absolute atomic E-state index is 0.374. The molecule has 0 aromatic carbocycles. The molecule has 0 aliphatic heterocycles. The predicted octanol–water partition coefficient (Wildman–Crippen LogP) is 4.98. The number of nitrogens with zero attached hydrogens (tertiary/aromatic N) is 1. The lowest BCUT2D eigenvalue weighted by Crippen LogP contribution is -2.21. The maximum Gasteiger partial charge on any atom is 0.248 e. The average Bonchev–Trinajstić information content (AvgIpc) is 2.65. The molecule has 1 heterocycles. The van der Waals surface area contributed by atoms with Crippen LogP contribution < -0.4 is 5.73 Å². The lowest BCUT2D eigenvalue weighted by Gasteiger charge is -2.15. The van der Waals surface area contributed by atoms with Gasteiger partial charge in [0.15, 0.2) is 0 Å². The second kappa shape index (κ2) is 13.3. The molecule has 0 aliphatic rings. The van der Waals surface area contributed by atoms with Crippen molar-refractivity contribution in [1.82, 2.24) is 4.98 Å². The summed E-state index contributed by atoms with van der Waals surface area (Å²) >= 11 is 0. The van der Waals surface area contributed by atoms with Crippen LogP contribution in [0.15, 0.2) is 18.3 Å². The summed E-state index contributed by atoms with van der Waals surface area (Å²) < 4.78 is 0. The van der Waals surface area contributed by atoms with Crippen molar-refractivity contribution in [1.29, 1.82) is 0 Å². The number of amides is 1. The van der Waals surface area contributed by atoms with Gasteiger partial charge in [-0.05, 0) is 37.8 Å². The summed E-state index contributed by atoms with van der Waals surface area (Å²) in [6.07, 6.45) is 16.2. The Bertz CT molecular complexity index is 614. The summed E-state index contributed by atoms with van der Waals surface area (Å²) in [5, 5.41) is 10.4. The fourth-order valence-electron chi connectivity index (χ4n) is 3.05. The first kappa shape index (κ1) is 23.2. The largest absolute Gasteiger partial charge is 0.378 e. The van der Waals surface area contributed by atoms with Crippen LogP contribution in [0.1, 0.15) is 107 Å². The molecule has 0 saturated heterocycles. The van der Waals surface area contributed by atoms with Gasteiger partial charge in [-0.15, -0.1) is 0 Å². The van der Waals surface area contributed by atoms with Crippen molar-refractivity contribution < 1.29 is 9.90 Å². The monoisotopic (exact) mass is 372 g/mol. The Hall–Kier alpha value is -1.86. The van der Waals surface area contributed by atoms with Gasteiger partial charge < -0.3 is 10.8 Å². The van der Waals surface area contributed by atoms with E-state index in [-0.39, 0.29) is 0 Å². The highest BCUT2D eigenvalue weighted by molar-refractivity contribution is 5.92. The van der Waals surface area contributed by atoms with Crippen LogP contribution in [0.2, 0.25) is 0 Å². The molecule has 1 atom stereocenters. The summed E-state index contributed by atoms with van der Waals surface area (Å²) in [5.41, 5.74) is 5.04. The van der Waals surface area contributed by atoms with Crippen molar-refractivity contribution >= 4 is 5.91 Å². The first-order valence-corrected chi connectivity index (χ1v) is 10.5. The fraction of sp³-hybridized carbons (Fsp3) is 0.652. The summed E-state index contributed by atoms with van der Waals surface area (Å²) in [6, 6.07) is 3.10. The van der Waals surface area contributed by atoms with Gasteiger partial charge in [0.25, 0.3) is 0 Å². The molecule has 1 aromatic rings. The zero-order chi connectivity index (χ0) is 20.0. The van der Waals surface area contributed by atoms with Gasteiger partial charge in [-0.25, -0.2) is 4.98 Å². The Balaban J connectivity index is 2.19. The third-order valence-corrected chi connectivity index (χ3v) is 4.77. The van der Waals surface area contributed by atoms with E-state index in [0.29, 0.717) is 17.7 Å². The third kappa shape index (κ3) is 11.5. The molecule has 4 heteroatoms. The number of carbonyl (C=O) groups is 1. The van der Waals surface area contributed by atoms with Crippen LogP contribution >= 0.6 is 0 Å². The van der Waals surface area contributed by atoms with E-state index in [1.165, 1.54) is 64.0 Å². The smallest absolute Gasteiger partial charge is 0.248 e. The molecular formula is C23H36N2O2. The van der Waals surface area contributed by atoms with Crippen LogP contribution in [0.5, 0.6) is 0 Å². The van der Waals surface area contributed by atoms with E-state index >= 15 is 0 Å². The second-order valence-electron chi connectivity index (χ2n) is 7.60. The van der Waals surface area contributed by atoms with Crippen molar-refractivity contribution in [3.8, 4) is 11.8 Å². The van der Waals surface area contributed by atoms with E-state index in [0.717, 1.165) is 12.8 Å². The molecule has 0 saturated carbocycles. The van der Waals surface area contributed by atoms with Crippen LogP contribution in [0.3, 0.4) is 0 Å². The zero-order valence-corrected chi connectivity index (χ0v) is 17.1. The second-order valence-corrected chi connectivity index (χ2v) is 7.60. The number of aliphatic hydroxyl groups is 1. The molecule has 0 spiro atoms. The standard InChI is InChI=1S/C23H36N2O2/c1-3-4-5-6-7-8-9-10-11-12-13-16-23(2,27)17-14-21-19-20(22(24)26)15-18-25-21/h15,18-19,27H,3-13,16H2,1-2H3,(H2,24,26). The highest BCUT2D eigenvalue weighted by Crippen LogP contribution is 2.16. The number of hydrogen-bond donors (Lipinski definition) is 2. The van der Waals surface area contributed by atoms with Gasteiger partial charge in [0.2, 0.25) is 5.91 Å². The van der Waals surface area contributed by atoms with Gasteiger partial charge >= 0.3 is 0 Å². The Kier molecular flexibility index (Phi) is 11.4. The summed E-state index contributed by atoms with van der Waals surface area (Å²) in [4.78, 5) is 15.3. The molecule has 0 radical (unpaired) electrons. The topological polar surface area (TPSA) is 76.2 Å². The molecule has 4 nitrogen and oxygen atoms in total. The van der Waals surface area contributed by atoms with Crippen molar-refractivity contribution in [2.45, 2.75) is 96.5 Å². The first-order chi connectivity index (χ1) is 12.9. The number of pyridine rings is 1. The number of hydrogen-bond acceptors (Lipinski definition) is 3. The maximum absolute atomic E-state index is 11.2. The maximum atomic E-state index is 11.2. The molecule has 1 aromatic heterocycles. The summed E-state index contributed by atoms with van der Waals surface area (Å²) in [6.45, 7) is 3.98. The number of unbranched alkanes of at least 4 members (excludes halogenated alkanes) is 10. The van der Waals surface area contributed by atoms with Gasteiger partial charge in [0, 0.05) is 11.8 Å². The van der Waals surface area contributed by atoms with E-state index in [4.69, 9.17) is 5.73 Å². The van der Waals surface area contributed by atoms with Gasteiger partial charge in [-0.2, -0.15) is 0 Å². The summed E-state index contributed by atoms with van der Waals surface area (Å²) in [5.74, 6) is 5.21. The number of carbonyl (C=O) groups excluding carboxylic acids is 1. The van der Waals surface area contributed by atoms with Crippen LogP contribution in [-0.4, -0.2) is 21.6 Å². The molecular weight excluding hydrogens is 336 g/mol. The Morgan fingerprint density at radius 1 is 1.07 bits per heavy atom. The molecule has 0 fully saturated rings. The van der Waals surface area contributed by atoms with Crippen molar-refractivity contribution in [2.75, 3.05) is 0 Å². The molecule has 1 rings (SSSR count). The van der Waals surface area contributed by atoms with Crippen LogP contribution in [-0.2, 0) is 0 Å². The van der Waals surface area contributed by atoms with Crippen LogP contribution in [0, 0.1) is 11.8 Å². The molecule has 0 aliphatic carbocycles. The van der Waals surface area contributed by atoms with E-state index in [2.05, 4.69) is 23.7 Å². The third-order valence-electron chi connectivity index (χ3n) is 4.77. The summed E-state index contributed by atoms with van der Waals surface area (Å²) in [7, 11) is 0. The van der Waals surface area contributed by atoms with Crippen LogP contribution in [0.25, 0.3) is 0 Å². The fourth-order valence-corrected chi connectivity index (χ4v) is 3.05. The lowest BCUT2D eigenvalue weighted by atomic mass is 9.97. The lowest BCUT2D eigenvalue weighted by molar-refractivity contribution is 0.1000. The zero-order valence-electron chi connectivity index (χ0n) is 17.1. The van der Waals surface area contributed by atoms with Gasteiger partial charge in [0.1, 0.15) is 11.3 Å². The minimum atomic E-state index is -1.04. The van der Waals surface area contributed by atoms with Gasteiger partial charge in [-0.1, -0.05) is 77.1 Å². The molecule has 3 N–H and O–H groups in total. The van der Waals surface area contributed by atoms with Crippen molar-refractivity contribution in [3.63, 3.8) is 0 Å². The van der Waals surface area contributed by atoms with Gasteiger partial charge in [-0.3, -0.25) is 4.79 Å². The van der Waals surface area contributed by atoms with E-state index in [1.54, 1.807) is 19.1 Å². The molecule has 1 amide bonds. The molecule has 0 bridgehead atoms. The highest BCUT2D eigenvalue weighted by atomic mass is 16.3. The molecule has 150 valence electrons. The number of primary amides is 1. The Morgan fingerprint density at radius 3 is 2.19 bits per heavy atom. The molecule has 1 unspecified atom stereocenters. The first-order valence-electron chi connectivity index (χ1n) is 10.5.